The molecule has 7 heteroatoms. The Labute approximate surface area is 178 Å². The first-order valence-corrected chi connectivity index (χ1v) is 9.80. The fourth-order valence-corrected chi connectivity index (χ4v) is 4.00. The van der Waals surface area contributed by atoms with Gasteiger partial charge >= 0.3 is 0 Å². The molecule has 1 aromatic heterocycles. The third-order valence-electron chi connectivity index (χ3n) is 5.45. The molecule has 0 bridgehead atoms. The van der Waals surface area contributed by atoms with E-state index in [1.54, 1.807) is 30.3 Å². The van der Waals surface area contributed by atoms with Crippen molar-refractivity contribution in [2.24, 2.45) is 0 Å². The molecule has 0 radical (unpaired) electrons. The maximum atomic E-state index is 13.1. The molecule has 1 saturated heterocycles. The van der Waals surface area contributed by atoms with Crippen molar-refractivity contribution in [2.75, 3.05) is 6.79 Å². The Morgan fingerprint density at radius 3 is 2.68 bits per heavy atom. The van der Waals surface area contributed by atoms with Crippen LogP contribution in [0.4, 0.5) is 0 Å². The Kier molecular flexibility index (Phi) is 4.51. The van der Waals surface area contributed by atoms with Crippen LogP contribution in [0.3, 0.4) is 0 Å². The number of carbonyl (C=O) groups is 2. The van der Waals surface area contributed by atoms with E-state index in [0.717, 1.165) is 11.1 Å². The van der Waals surface area contributed by atoms with Crippen LogP contribution in [-0.2, 0) is 16.1 Å². The first-order chi connectivity index (χ1) is 15.0. The molecule has 7 nitrogen and oxygen atoms in total. The van der Waals surface area contributed by atoms with Gasteiger partial charge in [0, 0.05) is 5.56 Å². The van der Waals surface area contributed by atoms with Crippen molar-refractivity contribution >= 4 is 17.4 Å². The van der Waals surface area contributed by atoms with Crippen molar-refractivity contribution < 1.29 is 28.6 Å². The van der Waals surface area contributed by atoms with Gasteiger partial charge in [0.1, 0.15) is 11.5 Å². The van der Waals surface area contributed by atoms with Crippen molar-refractivity contribution in [1.82, 2.24) is 4.90 Å². The lowest BCUT2D eigenvalue weighted by Crippen LogP contribution is -2.29. The number of amides is 1. The van der Waals surface area contributed by atoms with Crippen LogP contribution >= 0.6 is 0 Å². The highest BCUT2D eigenvalue weighted by atomic mass is 16.7. The van der Waals surface area contributed by atoms with E-state index in [1.165, 1.54) is 11.2 Å². The molecule has 1 amide bonds. The number of hydrogen-bond acceptors (Lipinski definition) is 6. The van der Waals surface area contributed by atoms with Crippen molar-refractivity contribution in [2.45, 2.75) is 19.5 Å². The molecule has 3 heterocycles. The zero-order valence-corrected chi connectivity index (χ0v) is 16.7. The molecule has 31 heavy (non-hydrogen) atoms. The van der Waals surface area contributed by atoms with Gasteiger partial charge in [-0.3, -0.25) is 9.59 Å². The largest absolute Gasteiger partial charge is 0.507 e. The lowest BCUT2D eigenvalue weighted by Gasteiger charge is -2.24. The summed E-state index contributed by atoms with van der Waals surface area (Å²) < 4.78 is 16.1. The van der Waals surface area contributed by atoms with Gasteiger partial charge in [-0.15, -0.1) is 0 Å². The molecule has 0 spiro atoms. The van der Waals surface area contributed by atoms with E-state index in [-0.39, 0.29) is 24.7 Å². The lowest BCUT2D eigenvalue weighted by atomic mass is 9.94. The minimum absolute atomic E-state index is 0.0287. The standard InChI is InChI=1S/C24H19NO6/c1-14-4-2-5-15(10-14)21-20(22(26)16-7-8-18-19(11-16)31-13-30-18)23(27)24(28)25(21)12-17-6-3-9-29-17/h2-11,21,26H,12-13H2,1H3/b22-20-. The SMILES string of the molecule is Cc1cccc(C2/C(=C(/O)c3ccc4c(c3)OCO4)C(=O)C(=O)N2Cc2ccco2)c1. The van der Waals surface area contributed by atoms with Crippen LogP contribution in [0, 0.1) is 6.92 Å². The number of ketones is 1. The fourth-order valence-electron chi connectivity index (χ4n) is 4.00. The molecule has 2 aliphatic heterocycles. The first kappa shape index (κ1) is 19.0. The molecule has 156 valence electrons. The first-order valence-electron chi connectivity index (χ1n) is 9.80. The van der Waals surface area contributed by atoms with E-state index in [4.69, 9.17) is 13.9 Å². The van der Waals surface area contributed by atoms with E-state index in [2.05, 4.69) is 0 Å². The fraction of sp³-hybridized carbons (Fsp3) is 0.167. The number of nitrogens with zero attached hydrogens (tertiary/aromatic N) is 1. The summed E-state index contributed by atoms with van der Waals surface area (Å²) in [4.78, 5) is 27.5. The Bertz CT molecular complexity index is 1210. The number of aliphatic hydroxyl groups is 1. The number of likely N-dealkylation sites (tertiary alicyclic amines) is 1. The molecule has 3 aromatic rings. The molecule has 2 aliphatic rings. The summed E-state index contributed by atoms with van der Waals surface area (Å²) in [5, 5.41) is 11.1. The molecule has 1 fully saturated rings. The number of rotatable bonds is 4. The van der Waals surface area contributed by atoms with E-state index < -0.39 is 17.7 Å². The molecule has 0 saturated carbocycles. The molecule has 1 N–H and O–H groups in total. The van der Waals surface area contributed by atoms with Crippen LogP contribution < -0.4 is 9.47 Å². The minimum Gasteiger partial charge on any atom is -0.507 e. The van der Waals surface area contributed by atoms with Gasteiger partial charge in [-0.1, -0.05) is 29.8 Å². The van der Waals surface area contributed by atoms with Crippen molar-refractivity contribution in [3.8, 4) is 11.5 Å². The summed E-state index contributed by atoms with van der Waals surface area (Å²) in [6.45, 7) is 2.13. The molecule has 5 rings (SSSR count). The Hall–Kier alpha value is -4.00. The van der Waals surface area contributed by atoms with Gasteiger partial charge in [-0.2, -0.15) is 0 Å². The molecule has 1 unspecified atom stereocenters. The number of hydrogen-bond donors (Lipinski definition) is 1. The van der Waals surface area contributed by atoms with Gasteiger partial charge in [0.2, 0.25) is 6.79 Å². The number of fused-ring (bicyclic) bond motifs is 1. The summed E-state index contributed by atoms with van der Waals surface area (Å²) in [7, 11) is 0. The number of aryl methyl sites for hydroxylation is 1. The zero-order valence-electron chi connectivity index (χ0n) is 16.7. The number of Topliss-reactive ketones (excluding diaryl/α,β-unsaturated/α-hetero) is 1. The van der Waals surface area contributed by atoms with Gasteiger partial charge in [-0.25, -0.2) is 0 Å². The molecule has 2 aromatic carbocycles. The predicted octanol–water partition coefficient (Wildman–Crippen LogP) is 3.94. The number of ether oxygens (including phenoxy) is 2. The monoisotopic (exact) mass is 417 g/mol. The second kappa shape index (κ2) is 7.36. The zero-order chi connectivity index (χ0) is 21.5. The second-order valence-corrected chi connectivity index (χ2v) is 7.49. The number of benzene rings is 2. The molecular formula is C24H19NO6. The summed E-state index contributed by atoms with van der Waals surface area (Å²) in [5.74, 6) is -0.114. The van der Waals surface area contributed by atoms with Crippen LogP contribution in [0.25, 0.3) is 5.76 Å². The Morgan fingerprint density at radius 2 is 1.90 bits per heavy atom. The highest BCUT2D eigenvalue weighted by molar-refractivity contribution is 6.46. The molecular weight excluding hydrogens is 398 g/mol. The van der Waals surface area contributed by atoms with Crippen molar-refractivity contribution in [1.29, 1.82) is 0 Å². The average molecular weight is 417 g/mol. The summed E-state index contributed by atoms with van der Waals surface area (Å²) in [5.41, 5.74) is 2.11. The second-order valence-electron chi connectivity index (χ2n) is 7.49. The smallest absolute Gasteiger partial charge is 0.296 e. The Morgan fingerprint density at radius 1 is 1.06 bits per heavy atom. The quantitative estimate of drug-likeness (QED) is 0.393. The average Bonchev–Trinajstić information content (AvgIpc) is 3.50. The van der Waals surface area contributed by atoms with E-state index >= 15 is 0 Å². The third-order valence-corrected chi connectivity index (χ3v) is 5.45. The molecule has 1 atom stereocenters. The normalized spacial score (nSPS) is 19.3. The number of furan rings is 1. The van der Waals surface area contributed by atoms with Crippen LogP contribution in [0.1, 0.15) is 28.5 Å². The summed E-state index contributed by atoms with van der Waals surface area (Å²) in [6.07, 6.45) is 1.51. The lowest BCUT2D eigenvalue weighted by molar-refractivity contribution is -0.140. The van der Waals surface area contributed by atoms with Gasteiger partial charge in [0.15, 0.2) is 11.5 Å². The highest BCUT2D eigenvalue weighted by Crippen LogP contribution is 2.42. The maximum Gasteiger partial charge on any atom is 0.296 e. The number of aliphatic hydroxyl groups excluding tert-OH is 1. The minimum atomic E-state index is -0.754. The van der Waals surface area contributed by atoms with E-state index in [0.29, 0.717) is 22.8 Å². The van der Waals surface area contributed by atoms with E-state index in [9.17, 15) is 14.7 Å². The van der Waals surface area contributed by atoms with Gasteiger partial charge in [-0.05, 0) is 42.8 Å². The Balaban J connectivity index is 1.65. The maximum absolute atomic E-state index is 13.1. The topological polar surface area (TPSA) is 89.2 Å². The van der Waals surface area contributed by atoms with Gasteiger partial charge in [0.05, 0.1) is 24.4 Å². The van der Waals surface area contributed by atoms with Crippen molar-refractivity contribution in [3.05, 3.63) is 88.9 Å². The van der Waals surface area contributed by atoms with Crippen molar-refractivity contribution in [3.63, 3.8) is 0 Å². The number of carbonyl (C=O) groups excluding carboxylic acids is 2. The summed E-state index contributed by atoms with van der Waals surface area (Å²) in [6, 6.07) is 15.1. The van der Waals surface area contributed by atoms with Gasteiger partial charge in [0.25, 0.3) is 11.7 Å². The molecule has 0 aliphatic carbocycles. The van der Waals surface area contributed by atoms with Crippen LogP contribution in [0.15, 0.2) is 70.9 Å². The van der Waals surface area contributed by atoms with Gasteiger partial charge < -0.3 is 23.9 Å². The predicted molar refractivity (Wildman–Crippen MR) is 110 cm³/mol. The summed E-state index contributed by atoms with van der Waals surface area (Å²) >= 11 is 0. The van der Waals surface area contributed by atoms with Crippen LogP contribution in [0.2, 0.25) is 0 Å². The van der Waals surface area contributed by atoms with Crippen LogP contribution in [0.5, 0.6) is 11.5 Å². The third kappa shape index (κ3) is 3.24. The van der Waals surface area contributed by atoms with Crippen LogP contribution in [-0.4, -0.2) is 28.5 Å². The van der Waals surface area contributed by atoms with E-state index in [1.807, 2.05) is 31.2 Å². The highest BCUT2D eigenvalue weighted by Gasteiger charge is 2.46.